The van der Waals surface area contributed by atoms with Crippen LogP contribution in [0, 0.1) is 10.1 Å². The fourth-order valence-corrected chi connectivity index (χ4v) is 2.22. The third kappa shape index (κ3) is 3.24. The molecule has 1 saturated heterocycles. The molecule has 7 nitrogen and oxygen atoms in total. The Balaban J connectivity index is 2.13. The van der Waals surface area contributed by atoms with Crippen molar-refractivity contribution in [1.29, 1.82) is 0 Å². The first-order valence-corrected chi connectivity index (χ1v) is 6.46. The summed E-state index contributed by atoms with van der Waals surface area (Å²) < 4.78 is 4.91. The van der Waals surface area contributed by atoms with Gasteiger partial charge in [-0.2, -0.15) is 0 Å². The normalized spacial score (nSPS) is 18.4. The number of nitro benzene ring substituents is 1. The van der Waals surface area contributed by atoms with E-state index in [0.717, 1.165) is 25.9 Å². The van der Waals surface area contributed by atoms with Gasteiger partial charge in [0.2, 0.25) is 0 Å². The molecule has 1 aromatic rings. The summed E-state index contributed by atoms with van der Waals surface area (Å²) in [4.78, 5) is 22.5. The van der Waals surface area contributed by atoms with Crippen molar-refractivity contribution in [2.24, 2.45) is 0 Å². The maximum absolute atomic E-state index is 12.1. The highest BCUT2D eigenvalue weighted by Gasteiger charge is 2.20. The number of hydrogen-bond donors (Lipinski definition) is 2. The molecule has 1 heterocycles. The van der Waals surface area contributed by atoms with Crippen LogP contribution < -0.4 is 15.4 Å². The molecular formula is C13H17N3O4. The highest BCUT2D eigenvalue weighted by Crippen LogP contribution is 2.27. The molecule has 2 rings (SSSR count). The highest BCUT2D eigenvalue weighted by molar-refractivity contribution is 5.95. The van der Waals surface area contributed by atoms with Gasteiger partial charge in [-0.25, -0.2) is 0 Å². The molecular weight excluding hydrogens is 262 g/mol. The summed E-state index contributed by atoms with van der Waals surface area (Å²) in [6.45, 7) is 1.68. The monoisotopic (exact) mass is 279 g/mol. The molecule has 2 N–H and O–H groups in total. The van der Waals surface area contributed by atoms with Gasteiger partial charge in [0, 0.05) is 24.2 Å². The van der Waals surface area contributed by atoms with Crippen LogP contribution in [0.25, 0.3) is 0 Å². The fraction of sp³-hybridized carbons (Fsp3) is 0.462. The molecule has 0 aliphatic carbocycles. The van der Waals surface area contributed by atoms with Gasteiger partial charge >= 0.3 is 5.69 Å². The van der Waals surface area contributed by atoms with Crippen LogP contribution in [-0.2, 0) is 0 Å². The number of carbonyl (C=O) groups is 1. The van der Waals surface area contributed by atoms with E-state index in [9.17, 15) is 14.9 Å². The molecule has 0 unspecified atom stereocenters. The first-order chi connectivity index (χ1) is 9.61. The molecule has 0 aromatic heterocycles. The highest BCUT2D eigenvalue weighted by atomic mass is 16.6. The van der Waals surface area contributed by atoms with Crippen molar-refractivity contribution in [1.82, 2.24) is 10.6 Å². The number of ether oxygens (including phenoxy) is 1. The van der Waals surface area contributed by atoms with E-state index in [1.807, 2.05) is 0 Å². The van der Waals surface area contributed by atoms with E-state index in [-0.39, 0.29) is 28.9 Å². The molecule has 0 spiro atoms. The first kappa shape index (κ1) is 14.3. The summed E-state index contributed by atoms with van der Waals surface area (Å²) in [6.07, 6.45) is 1.92. The summed E-state index contributed by atoms with van der Waals surface area (Å²) >= 11 is 0. The van der Waals surface area contributed by atoms with Crippen LogP contribution in [0.3, 0.4) is 0 Å². The van der Waals surface area contributed by atoms with Crippen molar-refractivity contribution in [3.8, 4) is 5.75 Å². The Labute approximate surface area is 116 Å². The second-order valence-electron chi connectivity index (χ2n) is 4.66. The minimum Gasteiger partial charge on any atom is -0.490 e. The fourth-order valence-electron chi connectivity index (χ4n) is 2.22. The molecule has 1 fully saturated rings. The number of nitrogens with zero attached hydrogens (tertiary/aromatic N) is 1. The van der Waals surface area contributed by atoms with Crippen molar-refractivity contribution < 1.29 is 14.5 Å². The van der Waals surface area contributed by atoms with E-state index in [4.69, 9.17) is 4.74 Å². The average Bonchev–Trinajstić information content (AvgIpc) is 2.47. The van der Waals surface area contributed by atoms with Gasteiger partial charge in [0.25, 0.3) is 5.91 Å². The van der Waals surface area contributed by atoms with Crippen LogP contribution in [0.5, 0.6) is 5.75 Å². The molecule has 7 heteroatoms. The molecule has 0 bridgehead atoms. The Morgan fingerprint density at radius 1 is 1.55 bits per heavy atom. The third-order valence-electron chi connectivity index (χ3n) is 3.27. The second kappa shape index (κ2) is 6.33. The van der Waals surface area contributed by atoms with Crippen LogP contribution >= 0.6 is 0 Å². The quantitative estimate of drug-likeness (QED) is 0.635. The lowest BCUT2D eigenvalue weighted by molar-refractivity contribution is -0.385. The maximum atomic E-state index is 12.1. The lowest BCUT2D eigenvalue weighted by Crippen LogP contribution is -2.45. The molecule has 1 amide bonds. The minimum atomic E-state index is -0.558. The molecule has 0 radical (unpaired) electrons. The van der Waals surface area contributed by atoms with Crippen LogP contribution in [-0.4, -0.2) is 37.1 Å². The van der Waals surface area contributed by atoms with Crippen molar-refractivity contribution in [3.63, 3.8) is 0 Å². The number of carbonyl (C=O) groups excluding carboxylic acids is 1. The number of rotatable bonds is 4. The van der Waals surface area contributed by atoms with Gasteiger partial charge in [-0.05, 0) is 31.5 Å². The number of methoxy groups -OCH3 is 1. The molecule has 1 aliphatic heterocycles. The Kier molecular flexibility index (Phi) is 4.52. The Morgan fingerprint density at radius 2 is 2.35 bits per heavy atom. The molecule has 1 aromatic carbocycles. The SMILES string of the molecule is COc1ccc(C(=O)N[C@H]2CCCNC2)cc1[N+](=O)[O-]. The van der Waals surface area contributed by atoms with E-state index in [1.54, 1.807) is 0 Å². The Bertz CT molecular complexity index is 512. The van der Waals surface area contributed by atoms with Crippen molar-refractivity contribution in [3.05, 3.63) is 33.9 Å². The molecule has 108 valence electrons. The maximum Gasteiger partial charge on any atom is 0.311 e. The van der Waals surface area contributed by atoms with Gasteiger partial charge in [-0.15, -0.1) is 0 Å². The predicted octanol–water partition coefficient (Wildman–Crippen LogP) is 1.09. The van der Waals surface area contributed by atoms with Crippen LogP contribution in [0.15, 0.2) is 18.2 Å². The van der Waals surface area contributed by atoms with E-state index in [2.05, 4.69) is 10.6 Å². The van der Waals surface area contributed by atoms with Crippen molar-refractivity contribution in [2.75, 3.05) is 20.2 Å². The van der Waals surface area contributed by atoms with Gasteiger partial charge < -0.3 is 15.4 Å². The van der Waals surface area contributed by atoms with Crippen molar-refractivity contribution >= 4 is 11.6 Å². The molecule has 1 atom stereocenters. The van der Waals surface area contributed by atoms with Gasteiger partial charge in [0.15, 0.2) is 5.75 Å². The Morgan fingerprint density at radius 3 is 2.95 bits per heavy atom. The van der Waals surface area contributed by atoms with Crippen LogP contribution in [0.2, 0.25) is 0 Å². The number of hydrogen-bond acceptors (Lipinski definition) is 5. The predicted molar refractivity (Wildman–Crippen MR) is 73.0 cm³/mol. The summed E-state index contributed by atoms with van der Waals surface area (Å²) in [6, 6.07) is 4.27. The van der Waals surface area contributed by atoms with Crippen LogP contribution in [0.1, 0.15) is 23.2 Å². The minimum absolute atomic E-state index is 0.0670. The van der Waals surface area contributed by atoms with Crippen LogP contribution in [0.4, 0.5) is 5.69 Å². The number of benzene rings is 1. The average molecular weight is 279 g/mol. The number of nitrogens with one attached hydrogen (secondary N) is 2. The molecule has 0 saturated carbocycles. The third-order valence-corrected chi connectivity index (χ3v) is 3.27. The number of nitro groups is 1. The van der Waals surface area contributed by atoms with E-state index in [0.29, 0.717) is 0 Å². The summed E-state index contributed by atoms with van der Waals surface area (Å²) in [5.41, 5.74) is 0.0602. The molecule has 20 heavy (non-hydrogen) atoms. The largest absolute Gasteiger partial charge is 0.490 e. The first-order valence-electron chi connectivity index (χ1n) is 6.46. The zero-order valence-corrected chi connectivity index (χ0v) is 11.2. The van der Waals surface area contributed by atoms with E-state index in [1.165, 1.54) is 25.3 Å². The second-order valence-corrected chi connectivity index (χ2v) is 4.66. The number of amides is 1. The smallest absolute Gasteiger partial charge is 0.311 e. The van der Waals surface area contributed by atoms with E-state index < -0.39 is 4.92 Å². The summed E-state index contributed by atoms with van der Waals surface area (Å²) in [7, 11) is 1.36. The zero-order chi connectivity index (χ0) is 14.5. The van der Waals surface area contributed by atoms with Crippen molar-refractivity contribution in [2.45, 2.75) is 18.9 Å². The lowest BCUT2D eigenvalue weighted by atomic mass is 10.1. The van der Waals surface area contributed by atoms with Gasteiger partial charge in [0.05, 0.1) is 12.0 Å². The van der Waals surface area contributed by atoms with Gasteiger partial charge in [-0.3, -0.25) is 14.9 Å². The zero-order valence-electron chi connectivity index (χ0n) is 11.2. The number of piperidine rings is 1. The lowest BCUT2D eigenvalue weighted by Gasteiger charge is -2.23. The summed E-state index contributed by atoms with van der Waals surface area (Å²) in [5, 5.41) is 17.0. The standard InChI is InChI=1S/C13H17N3O4/c1-20-12-5-4-9(7-11(12)16(18)19)13(17)15-10-3-2-6-14-8-10/h4-5,7,10,14H,2-3,6,8H2,1H3,(H,15,17)/t10-/m0/s1. The topological polar surface area (TPSA) is 93.5 Å². The van der Waals surface area contributed by atoms with Gasteiger partial charge in [0.1, 0.15) is 0 Å². The Hall–Kier alpha value is -2.15. The van der Waals surface area contributed by atoms with E-state index >= 15 is 0 Å². The summed E-state index contributed by atoms with van der Waals surface area (Å²) in [5.74, 6) is -0.157. The van der Waals surface area contributed by atoms with Gasteiger partial charge in [-0.1, -0.05) is 0 Å². The molecule has 1 aliphatic rings.